The lowest BCUT2D eigenvalue weighted by Crippen LogP contribution is -2.17. The van der Waals surface area contributed by atoms with Gasteiger partial charge in [0, 0.05) is 11.6 Å². The van der Waals surface area contributed by atoms with E-state index < -0.39 is 22.6 Å². The topological polar surface area (TPSA) is 98.0 Å². The number of aromatic nitrogens is 1. The number of sulfonamides is 1. The van der Waals surface area contributed by atoms with Crippen LogP contribution in [0.5, 0.6) is 5.75 Å². The summed E-state index contributed by atoms with van der Waals surface area (Å²) in [6.07, 6.45) is 1.65. The Balaban J connectivity index is 2.07. The number of carboxylic acids is 1. The molecule has 0 atom stereocenters. The van der Waals surface area contributed by atoms with Gasteiger partial charge in [-0.1, -0.05) is 30.3 Å². The number of hydrogen-bond acceptors (Lipinski definition) is 5. The van der Waals surface area contributed by atoms with Crippen molar-refractivity contribution in [2.75, 3.05) is 6.61 Å². The highest BCUT2D eigenvalue weighted by atomic mass is 32.2. The highest BCUT2D eigenvalue weighted by Crippen LogP contribution is 2.22. The van der Waals surface area contributed by atoms with E-state index in [0.717, 1.165) is 11.3 Å². The number of thiazole rings is 1. The minimum Gasteiger partial charge on any atom is -0.480 e. The van der Waals surface area contributed by atoms with Gasteiger partial charge in [-0.05, 0) is 24.3 Å². The Morgan fingerprint density at radius 1 is 1.12 bits per heavy atom. The summed E-state index contributed by atoms with van der Waals surface area (Å²) in [5.41, 5.74) is 0.497. The predicted octanol–water partition coefficient (Wildman–Crippen LogP) is 2.29. The van der Waals surface area contributed by atoms with Crippen LogP contribution in [0.1, 0.15) is 0 Å². The zero-order valence-electron chi connectivity index (χ0n) is 13.3. The van der Waals surface area contributed by atoms with Gasteiger partial charge >= 0.3 is 5.97 Å². The van der Waals surface area contributed by atoms with Crippen LogP contribution in [0.3, 0.4) is 0 Å². The van der Waals surface area contributed by atoms with Crippen molar-refractivity contribution >= 4 is 27.3 Å². The molecule has 0 aliphatic carbocycles. The molecule has 1 aromatic heterocycles. The molecule has 2 aromatic carbocycles. The molecule has 26 heavy (non-hydrogen) atoms. The monoisotopic (exact) mass is 390 g/mol. The second-order valence-electron chi connectivity index (χ2n) is 5.09. The van der Waals surface area contributed by atoms with Crippen molar-refractivity contribution in [2.24, 2.45) is 4.40 Å². The van der Waals surface area contributed by atoms with Crippen molar-refractivity contribution in [3.05, 3.63) is 71.0 Å². The van der Waals surface area contributed by atoms with Crippen molar-refractivity contribution < 1.29 is 23.1 Å². The van der Waals surface area contributed by atoms with Gasteiger partial charge in [0.1, 0.15) is 5.75 Å². The smallest absolute Gasteiger partial charge is 0.341 e. The Kier molecular flexibility index (Phi) is 5.19. The van der Waals surface area contributed by atoms with Crippen LogP contribution in [-0.4, -0.2) is 30.7 Å². The first-order chi connectivity index (χ1) is 12.5. The van der Waals surface area contributed by atoms with Gasteiger partial charge in [-0.2, -0.15) is 8.42 Å². The number of carboxylic acid groups (broad SMARTS) is 1. The molecule has 0 aliphatic rings. The van der Waals surface area contributed by atoms with Crippen LogP contribution < -0.4 is 9.54 Å². The van der Waals surface area contributed by atoms with Crippen LogP contribution in [0.2, 0.25) is 0 Å². The van der Waals surface area contributed by atoms with E-state index in [9.17, 15) is 13.2 Å². The number of nitrogens with zero attached hydrogens (tertiary/aromatic N) is 2. The van der Waals surface area contributed by atoms with E-state index in [1.807, 2.05) is 0 Å². The minimum absolute atomic E-state index is 0.0929. The first-order valence-electron chi connectivity index (χ1n) is 7.43. The molecule has 0 saturated heterocycles. The maximum atomic E-state index is 12.5. The Morgan fingerprint density at radius 3 is 2.54 bits per heavy atom. The molecule has 134 valence electrons. The van der Waals surface area contributed by atoms with E-state index in [-0.39, 0.29) is 9.70 Å². The third-order valence-electron chi connectivity index (χ3n) is 3.30. The molecule has 3 rings (SSSR count). The average Bonchev–Trinajstić information content (AvgIpc) is 3.08. The van der Waals surface area contributed by atoms with Crippen LogP contribution in [0, 0.1) is 0 Å². The van der Waals surface area contributed by atoms with Crippen molar-refractivity contribution in [3.63, 3.8) is 0 Å². The van der Waals surface area contributed by atoms with Gasteiger partial charge < -0.3 is 9.84 Å². The second kappa shape index (κ2) is 7.54. The molecule has 0 unspecified atom stereocenters. The normalized spacial score (nSPS) is 12.1. The Hall–Kier alpha value is -2.91. The molecule has 0 spiro atoms. The van der Waals surface area contributed by atoms with Gasteiger partial charge in [-0.3, -0.25) is 4.57 Å². The first-order valence-corrected chi connectivity index (χ1v) is 9.75. The molecular formula is C17H14N2O5S2. The summed E-state index contributed by atoms with van der Waals surface area (Å²) in [4.78, 5) is 11.1. The quantitative estimate of drug-likeness (QED) is 0.696. The third kappa shape index (κ3) is 4.01. The van der Waals surface area contributed by atoms with E-state index in [1.54, 1.807) is 58.6 Å². The molecule has 0 bridgehead atoms. The number of aliphatic carboxylic acids is 1. The van der Waals surface area contributed by atoms with Crippen molar-refractivity contribution in [1.29, 1.82) is 0 Å². The van der Waals surface area contributed by atoms with Crippen LogP contribution in [0.25, 0.3) is 5.69 Å². The molecule has 0 fully saturated rings. The van der Waals surface area contributed by atoms with Crippen molar-refractivity contribution in [3.8, 4) is 11.4 Å². The van der Waals surface area contributed by atoms with Crippen molar-refractivity contribution in [1.82, 2.24) is 4.57 Å². The molecule has 1 heterocycles. The number of ether oxygens (including phenoxy) is 1. The third-order valence-corrected chi connectivity index (χ3v) is 5.46. The standard InChI is InChI=1S/C17H14N2O5S2/c20-16(21)12-24-15-9-5-4-8-14(15)19-10-11-25-17(19)18-26(22,23)13-6-2-1-3-7-13/h1-11H,12H2,(H,20,21)/b18-17+. The number of hydrogen-bond donors (Lipinski definition) is 1. The Labute approximate surface area is 153 Å². The summed E-state index contributed by atoms with van der Waals surface area (Å²) in [7, 11) is -3.87. The van der Waals surface area contributed by atoms with E-state index in [2.05, 4.69) is 4.40 Å². The van der Waals surface area contributed by atoms with E-state index >= 15 is 0 Å². The molecular weight excluding hydrogens is 376 g/mol. The van der Waals surface area contributed by atoms with Gasteiger partial charge in [0.05, 0.1) is 10.6 Å². The minimum atomic E-state index is -3.87. The molecule has 0 saturated carbocycles. The summed E-state index contributed by atoms with van der Waals surface area (Å²) >= 11 is 1.14. The highest BCUT2D eigenvalue weighted by Gasteiger charge is 2.14. The molecule has 1 N–H and O–H groups in total. The average molecular weight is 390 g/mol. The largest absolute Gasteiger partial charge is 0.480 e. The summed E-state index contributed by atoms with van der Waals surface area (Å²) in [5, 5.41) is 10.5. The highest BCUT2D eigenvalue weighted by molar-refractivity contribution is 7.90. The van der Waals surface area contributed by atoms with Gasteiger partial charge in [-0.25, -0.2) is 4.79 Å². The van der Waals surface area contributed by atoms with Gasteiger partial charge in [0.2, 0.25) is 4.80 Å². The van der Waals surface area contributed by atoms with Crippen LogP contribution in [0.15, 0.2) is 75.5 Å². The molecule has 0 radical (unpaired) electrons. The molecule has 0 aliphatic heterocycles. The fourth-order valence-electron chi connectivity index (χ4n) is 2.19. The lowest BCUT2D eigenvalue weighted by Gasteiger charge is -2.10. The number of para-hydroxylation sites is 2. The predicted molar refractivity (Wildman–Crippen MR) is 96.0 cm³/mol. The number of carbonyl (C=O) groups is 1. The fourth-order valence-corrected chi connectivity index (χ4v) is 4.13. The summed E-state index contributed by atoms with van der Waals surface area (Å²) < 4.78 is 35.7. The summed E-state index contributed by atoms with van der Waals surface area (Å²) in [6.45, 7) is -0.503. The summed E-state index contributed by atoms with van der Waals surface area (Å²) in [5.74, 6) is -0.793. The van der Waals surface area contributed by atoms with Gasteiger partial charge in [0.15, 0.2) is 6.61 Å². The molecule has 9 heteroatoms. The van der Waals surface area contributed by atoms with Crippen LogP contribution >= 0.6 is 11.3 Å². The molecule has 0 amide bonds. The summed E-state index contributed by atoms with van der Waals surface area (Å²) in [6, 6.07) is 14.7. The SMILES string of the molecule is O=C(O)COc1ccccc1-n1ccs/c1=N/S(=O)(=O)c1ccccc1. The van der Waals surface area contributed by atoms with Crippen LogP contribution in [0.4, 0.5) is 0 Å². The Bertz CT molecular complexity index is 1090. The second-order valence-corrected chi connectivity index (χ2v) is 7.56. The lowest BCUT2D eigenvalue weighted by molar-refractivity contribution is -0.139. The first kappa shape index (κ1) is 17.9. The van der Waals surface area contributed by atoms with E-state index in [1.165, 1.54) is 12.1 Å². The maximum absolute atomic E-state index is 12.5. The fraction of sp³-hybridized carbons (Fsp3) is 0.0588. The maximum Gasteiger partial charge on any atom is 0.341 e. The van der Waals surface area contributed by atoms with Crippen LogP contribution in [-0.2, 0) is 14.8 Å². The van der Waals surface area contributed by atoms with Crippen molar-refractivity contribution in [2.45, 2.75) is 4.90 Å². The zero-order chi connectivity index (χ0) is 18.6. The van der Waals surface area contributed by atoms with Gasteiger partial charge in [0.25, 0.3) is 10.0 Å². The zero-order valence-corrected chi connectivity index (χ0v) is 15.0. The number of rotatable bonds is 6. The van der Waals surface area contributed by atoms with E-state index in [4.69, 9.17) is 9.84 Å². The van der Waals surface area contributed by atoms with Gasteiger partial charge in [-0.15, -0.1) is 15.7 Å². The Morgan fingerprint density at radius 2 is 1.81 bits per heavy atom. The molecule has 7 nitrogen and oxygen atoms in total. The number of benzene rings is 2. The molecule has 3 aromatic rings. The van der Waals surface area contributed by atoms with E-state index in [0.29, 0.717) is 11.4 Å². The lowest BCUT2D eigenvalue weighted by atomic mass is 10.3.